The van der Waals surface area contributed by atoms with Gasteiger partial charge in [-0.15, -0.1) is 0 Å². The fraction of sp³-hybridized carbons (Fsp3) is 0.600. The van der Waals surface area contributed by atoms with Gasteiger partial charge in [0.2, 0.25) is 0 Å². The normalized spacial score (nSPS) is 10.6. The van der Waals surface area contributed by atoms with Gasteiger partial charge in [0.05, 0.1) is 6.61 Å². The summed E-state index contributed by atoms with van der Waals surface area (Å²) in [6.07, 6.45) is 6.31. The Labute approximate surface area is 119 Å². The molecule has 0 atom stereocenters. The smallest absolute Gasteiger partial charge is 0.120 e. The molecule has 18 heavy (non-hydrogen) atoms. The van der Waals surface area contributed by atoms with Crippen molar-refractivity contribution in [1.82, 2.24) is 5.32 Å². The van der Waals surface area contributed by atoms with Crippen LogP contribution in [0.15, 0.2) is 22.7 Å². The molecule has 1 N–H and O–H groups in total. The summed E-state index contributed by atoms with van der Waals surface area (Å²) >= 11 is 3.62. The predicted octanol–water partition coefficient (Wildman–Crippen LogP) is 4.17. The van der Waals surface area contributed by atoms with E-state index in [-0.39, 0.29) is 0 Å². The van der Waals surface area contributed by atoms with Gasteiger partial charge in [0.1, 0.15) is 5.75 Å². The highest BCUT2D eigenvalue weighted by Crippen LogP contribution is 2.24. The lowest BCUT2D eigenvalue weighted by Gasteiger charge is -2.08. The van der Waals surface area contributed by atoms with Crippen LogP contribution in [0.25, 0.3) is 0 Å². The monoisotopic (exact) mass is 313 g/mol. The molecule has 0 heterocycles. The molecular weight excluding hydrogens is 290 g/mol. The van der Waals surface area contributed by atoms with Crippen molar-refractivity contribution < 1.29 is 4.74 Å². The number of ether oxygens (including phenoxy) is 1. The van der Waals surface area contributed by atoms with Gasteiger partial charge in [-0.1, -0.05) is 34.8 Å². The van der Waals surface area contributed by atoms with E-state index in [1.54, 1.807) is 0 Å². The topological polar surface area (TPSA) is 21.3 Å². The van der Waals surface area contributed by atoms with Gasteiger partial charge in [-0.2, -0.15) is 0 Å². The van der Waals surface area contributed by atoms with Crippen LogP contribution in [-0.4, -0.2) is 20.2 Å². The van der Waals surface area contributed by atoms with Crippen molar-refractivity contribution in [3.63, 3.8) is 0 Å². The van der Waals surface area contributed by atoms with E-state index in [2.05, 4.69) is 39.4 Å². The van der Waals surface area contributed by atoms with Gasteiger partial charge >= 0.3 is 0 Å². The Morgan fingerprint density at radius 2 is 1.94 bits per heavy atom. The van der Waals surface area contributed by atoms with Crippen molar-refractivity contribution in [3.05, 3.63) is 28.2 Å². The van der Waals surface area contributed by atoms with E-state index in [0.29, 0.717) is 0 Å². The molecule has 0 saturated carbocycles. The Morgan fingerprint density at radius 1 is 1.17 bits per heavy atom. The van der Waals surface area contributed by atoms with E-state index < -0.39 is 0 Å². The Morgan fingerprint density at radius 3 is 2.61 bits per heavy atom. The number of halogens is 1. The van der Waals surface area contributed by atoms with Crippen molar-refractivity contribution in [2.45, 2.75) is 39.0 Å². The van der Waals surface area contributed by atoms with Gasteiger partial charge in [-0.25, -0.2) is 0 Å². The zero-order valence-corrected chi connectivity index (χ0v) is 13.1. The molecule has 0 aliphatic carbocycles. The van der Waals surface area contributed by atoms with E-state index in [0.717, 1.165) is 25.3 Å². The molecular formula is C15H24BrNO. The molecule has 3 heteroatoms. The van der Waals surface area contributed by atoms with E-state index in [9.17, 15) is 0 Å². The van der Waals surface area contributed by atoms with Crippen LogP contribution < -0.4 is 10.1 Å². The highest BCUT2D eigenvalue weighted by atomic mass is 79.9. The lowest BCUT2D eigenvalue weighted by Crippen LogP contribution is -2.06. The third kappa shape index (κ3) is 5.87. The zero-order valence-electron chi connectivity index (χ0n) is 11.5. The third-order valence-corrected chi connectivity index (χ3v) is 3.70. The molecule has 0 radical (unpaired) electrons. The Kier molecular flexibility index (Phi) is 8.10. The minimum atomic E-state index is 0.719. The Hall–Kier alpha value is -0.540. The zero-order chi connectivity index (χ0) is 13.2. The molecule has 1 rings (SSSR count). The molecule has 0 spiro atoms. The second-order valence-corrected chi connectivity index (χ2v) is 5.31. The Bertz CT molecular complexity index is 341. The summed E-state index contributed by atoms with van der Waals surface area (Å²) in [5.41, 5.74) is 1.38. The van der Waals surface area contributed by atoms with Gasteiger partial charge in [-0.05, 0) is 57.5 Å². The summed E-state index contributed by atoms with van der Waals surface area (Å²) < 4.78 is 6.64. The molecule has 102 valence electrons. The number of hydrogen-bond donors (Lipinski definition) is 1. The molecule has 0 aliphatic heterocycles. The van der Waals surface area contributed by atoms with Crippen molar-refractivity contribution in [1.29, 1.82) is 0 Å². The lowest BCUT2D eigenvalue weighted by molar-refractivity contribution is 0.340. The quantitative estimate of drug-likeness (QED) is 0.691. The van der Waals surface area contributed by atoms with E-state index >= 15 is 0 Å². The van der Waals surface area contributed by atoms with Gasteiger partial charge in [0.15, 0.2) is 0 Å². The van der Waals surface area contributed by atoms with Crippen LogP contribution in [-0.2, 0) is 6.42 Å². The van der Waals surface area contributed by atoms with Crippen LogP contribution in [0.5, 0.6) is 5.75 Å². The first kappa shape index (κ1) is 15.5. The SMILES string of the molecule is CCOc1ccc(CCCCCCNC)c(Br)c1. The van der Waals surface area contributed by atoms with Crippen LogP contribution >= 0.6 is 15.9 Å². The number of benzene rings is 1. The first-order chi connectivity index (χ1) is 8.77. The molecule has 0 aromatic heterocycles. The largest absolute Gasteiger partial charge is 0.494 e. The first-order valence-corrected chi connectivity index (χ1v) is 7.63. The number of rotatable bonds is 9. The number of unbranched alkanes of at least 4 members (excludes halogenated alkanes) is 3. The fourth-order valence-electron chi connectivity index (χ4n) is 1.96. The molecule has 0 amide bonds. The Balaban J connectivity index is 2.29. The summed E-state index contributed by atoms with van der Waals surface area (Å²) in [6, 6.07) is 6.30. The molecule has 2 nitrogen and oxygen atoms in total. The van der Waals surface area contributed by atoms with E-state index in [1.807, 2.05) is 14.0 Å². The van der Waals surface area contributed by atoms with Crippen molar-refractivity contribution in [2.75, 3.05) is 20.2 Å². The predicted molar refractivity (Wildman–Crippen MR) is 81.4 cm³/mol. The highest BCUT2D eigenvalue weighted by molar-refractivity contribution is 9.10. The van der Waals surface area contributed by atoms with Crippen molar-refractivity contribution in [2.24, 2.45) is 0 Å². The summed E-state index contributed by atoms with van der Waals surface area (Å²) in [6.45, 7) is 3.86. The average molecular weight is 314 g/mol. The maximum absolute atomic E-state index is 5.47. The number of aryl methyl sites for hydroxylation is 1. The highest BCUT2D eigenvalue weighted by Gasteiger charge is 2.02. The second kappa shape index (κ2) is 9.40. The number of nitrogens with one attached hydrogen (secondary N) is 1. The maximum atomic E-state index is 5.47. The van der Waals surface area contributed by atoms with Gasteiger partial charge in [0.25, 0.3) is 0 Å². The van der Waals surface area contributed by atoms with Crippen molar-refractivity contribution >= 4 is 15.9 Å². The minimum Gasteiger partial charge on any atom is -0.494 e. The van der Waals surface area contributed by atoms with Crippen LogP contribution in [0.4, 0.5) is 0 Å². The summed E-state index contributed by atoms with van der Waals surface area (Å²) in [7, 11) is 2.01. The van der Waals surface area contributed by atoms with E-state index in [1.165, 1.54) is 35.7 Å². The summed E-state index contributed by atoms with van der Waals surface area (Å²) in [5.74, 6) is 0.946. The lowest BCUT2D eigenvalue weighted by atomic mass is 10.1. The summed E-state index contributed by atoms with van der Waals surface area (Å²) in [5, 5.41) is 3.18. The first-order valence-electron chi connectivity index (χ1n) is 6.83. The molecule has 0 aliphatic rings. The molecule has 0 bridgehead atoms. The molecule has 0 saturated heterocycles. The average Bonchev–Trinajstić information content (AvgIpc) is 2.36. The van der Waals surface area contributed by atoms with E-state index in [4.69, 9.17) is 4.74 Å². The van der Waals surface area contributed by atoms with Gasteiger partial charge in [0, 0.05) is 4.47 Å². The summed E-state index contributed by atoms with van der Waals surface area (Å²) in [4.78, 5) is 0. The van der Waals surface area contributed by atoms with Crippen LogP contribution in [0, 0.1) is 0 Å². The second-order valence-electron chi connectivity index (χ2n) is 4.45. The molecule has 1 aromatic rings. The van der Waals surface area contributed by atoms with Crippen molar-refractivity contribution in [3.8, 4) is 5.75 Å². The van der Waals surface area contributed by atoms with Gasteiger partial charge < -0.3 is 10.1 Å². The van der Waals surface area contributed by atoms with Crippen LogP contribution in [0.1, 0.15) is 38.2 Å². The standard InChI is InChI=1S/C15H24BrNO/c1-3-18-14-10-9-13(15(16)12-14)8-6-4-5-7-11-17-2/h9-10,12,17H,3-8,11H2,1-2H3. The van der Waals surface area contributed by atoms with Crippen LogP contribution in [0.2, 0.25) is 0 Å². The van der Waals surface area contributed by atoms with Gasteiger partial charge in [-0.3, -0.25) is 0 Å². The molecule has 1 aromatic carbocycles. The minimum absolute atomic E-state index is 0.719. The fourth-order valence-corrected chi connectivity index (χ4v) is 2.51. The maximum Gasteiger partial charge on any atom is 0.120 e. The number of hydrogen-bond acceptors (Lipinski definition) is 2. The van der Waals surface area contributed by atoms with Crippen LogP contribution in [0.3, 0.4) is 0 Å². The molecule has 0 fully saturated rings. The third-order valence-electron chi connectivity index (χ3n) is 2.96. The molecule has 0 unspecified atom stereocenters.